The van der Waals surface area contributed by atoms with Crippen molar-refractivity contribution in [2.75, 3.05) is 0 Å². The Morgan fingerprint density at radius 1 is 0.304 bits per heavy atom. The summed E-state index contributed by atoms with van der Waals surface area (Å²) >= 11 is 0. The SMILES string of the molecule is N#Cc1cnc(-c2c(-n3c4ccccc4c4ccccc43)c(-c3cnc(C#N)nc3)c(-n3c4ccccc4c4ccccc43)c(-c3cnc(C#N)cn3)c2-n2c3ccccc3c3ccccc32)cn1. The molecule has 0 unspecified atom stereocenters. The fourth-order valence-corrected chi connectivity index (χ4v) is 10.2. The van der Waals surface area contributed by atoms with Crippen molar-refractivity contribution in [2.45, 2.75) is 0 Å². The second kappa shape index (κ2) is 15.4. The van der Waals surface area contributed by atoms with E-state index in [0.717, 1.165) is 65.4 Å². The molecule has 6 aromatic heterocycles. The minimum Gasteiger partial charge on any atom is -0.308 e. The van der Waals surface area contributed by atoms with Crippen LogP contribution >= 0.6 is 0 Å². The lowest BCUT2D eigenvalue weighted by molar-refractivity contribution is 1.07. The summed E-state index contributed by atoms with van der Waals surface area (Å²) in [6, 6.07) is 56.4. The number of hydrogen-bond donors (Lipinski definition) is 0. The van der Waals surface area contributed by atoms with E-state index in [4.69, 9.17) is 19.9 Å². The maximum atomic E-state index is 10.1. The van der Waals surface area contributed by atoms with Gasteiger partial charge in [-0.05, 0) is 36.4 Å². The van der Waals surface area contributed by atoms with Crippen molar-refractivity contribution >= 4 is 65.4 Å². The van der Waals surface area contributed by atoms with Crippen LogP contribution in [0, 0.1) is 34.0 Å². The Bertz CT molecular complexity index is 3760. The Morgan fingerprint density at radius 3 is 0.884 bits per heavy atom. The molecule has 0 fully saturated rings. The molecule has 0 saturated carbocycles. The molecule has 0 amide bonds. The average Bonchev–Trinajstić information content (AvgIpc) is 4.06. The van der Waals surface area contributed by atoms with E-state index in [0.29, 0.717) is 50.7 Å². The second-order valence-electron chi connectivity index (χ2n) is 16.5. The molecule has 69 heavy (non-hydrogen) atoms. The molecule has 0 bridgehead atoms. The van der Waals surface area contributed by atoms with Crippen molar-refractivity contribution in [3.05, 3.63) is 200 Å². The third-order valence-corrected chi connectivity index (χ3v) is 12.9. The molecule has 6 heterocycles. The van der Waals surface area contributed by atoms with Crippen LogP contribution in [0.25, 0.3) is 116 Å². The van der Waals surface area contributed by atoms with Crippen LogP contribution in [0.5, 0.6) is 0 Å². The molecule has 13 rings (SSSR count). The van der Waals surface area contributed by atoms with Crippen molar-refractivity contribution in [1.82, 2.24) is 43.6 Å². The smallest absolute Gasteiger partial charge is 0.232 e. The molecule has 12 nitrogen and oxygen atoms in total. The van der Waals surface area contributed by atoms with Crippen LogP contribution in [0.4, 0.5) is 0 Å². The minimum absolute atomic E-state index is 0.00819. The standard InChI is InChI=1S/C57H30N12/c58-25-35-30-63-43(32-61-35)53-55(67-45-19-7-1-13-37(45)38-14-2-8-20-46(38)67)52(34-28-65-51(27-60)66-29-34)56(68-47-21-9-3-15-39(47)40-16-4-10-22-48(40)68)54(44-33-62-36(26-59)31-64-44)57(53)69-49-23-11-5-17-41(49)42-18-6-12-24-50(42)69/h1-24,28-33H. The van der Waals surface area contributed by atoms with Crippen LogP contribution in [-0.2, 0) is 0 Å². The number of fused-ring (bicyclic) bond motifs is 9. The summed E-state index contributed by atoms with van der Waals surface area (Å²) in [6.45, 7) is 0. The van der Waals surface area contributed by atoms with Gasteiger partial charge in [0, 0.05) is 55.8 Å². The van der Waals surface area contributed by atoms with Crippen LogP contribution in [0.15, 0.2) is 183 Å². The van der Waals surface area contributed by atoms with Gasteiger partial charge in [-0.15, -0.1) is 0 Å². The summed E-state index contributed by atoms with van der Waals surface area (Å²) in [5.41, 5.74) is 11.2. The third kappa shape index (κ3) is 5.79. The monoisotopic (exact) mass is 882 g/mol. The normalized spacial score (nSPS) is 11.4. The van der Waals surface area contributed by atoms with Crippen LogP contribution in [0.1, 0.15) is 17.2 Å². The van der Waals surface area contributed by atoms with E-state index in [1.807, 2.05) is 72.8 Å². The van der Waals surface area contributed by atoms with Crippen molar-refractivity contribution in [3.8, 4) is 68.9 Å². The molecule has 13 aromatic rings. The maximum absolute atomic E-state index is 10.1. The molecule has 0 aliphatic carbocycles. The van der Waals surface area contributed by atoms with Crippen molar-refractivity contribution < 1.29 is 0 Å². The highest BCUT2D eigenvalue weighted by Crippen LogP contribution is 2.54. The van der Waals surface area contributed by atoms with Crippen molar-refractivity contribution in [3.63, 3.8) is 0 Å². The second-order valence-corrected chi connectivity index (χ2v) is 16.5. The van der Waals surface area contributed by atoms with Gasteiger partial charge in [-0.25, -0.2) is 19.9 Å². The lowest BCUT2D eigenvalue weighted by atomic mass is 9.89. The number of aromatic nitrogens is 9. The molecule has 0 saturated heterocycles. The van der Waals surface area contributed by atoms with Gasteiger partial charge in [-0.1, -0.05) is 109 Å². The van der Waals surface area contributed by atoms with Gasteiger partial charge in [0.25, 0.3) is 0 Å². The summed E-state index contributed by atoms with van der Waals surface area (Å²) in [5.74, 6) is 0.00819. The number of hydrogen-bond acceptors (Lipinski definition) is 9. The Kier molecular flexibility index (Phi) is 8.71. The lowest BCUT2D eigenvalue weighted by Crippen LogP contribution is -2.14. The number of nitrogens with zero attached hydrogens (tertiary/aromatic N) is 12. The van der Waals surface area contributed by atoms with Gasteiger partial charge >= 0.3 is 0 Å². The maximum Gasteiger partial charge on any atom is 0.232 e. The Labute approximate surface area is 392 Å². The Balaban J connectivity index is 1.42. The quantitative estimate of drug-likeness (QED) is 0.158. The zero-order valence-corrected chi connectivity index (χ0v) is 36.2. The van der Waals surface area contributed by atoms with Gasteiger partial charge in [0.1, 0.15) is 18.2 Å². The van der Waals surface area contributed by atoms with Gasteiger partial charge < -0.3 is 13.7 Å². The van der Waals surface area contributed by atoms with Crippen LogP contribution in [0.2, 0.25) is 0 Å². The van der Waals surface area contributed by atoms with Crippen LogP contribution in [-0.4, -0.2) is 43.6 Å². The predicted octanol–water partition coefficient (Wildman–Crippen LogP) is 12.0. The molecule has 7 aromatic carbocycles. The first-order chi connectivity index (χ1) is 34.1. The summed E-state index contributed by atoms with van der Waals surface area (Å²) in [7, 11) is 0. The molecule has 12 heteroatoms. The first kappa shape index (κ1) is 39.1. The first-order valence-corrected chi connectivity index (χ1v) is 22.0. The highest BCUT2D eigenvalue weighted by atomic mass is 15.1. The highest BCUT2D eigenvalue weighted by Gasteiger charge is 2.35. The van der Waals surface area contributed by atoms with E-state index in [1.54, 1.807) is 24.8 Å². The fourth-order valence-electron chi connectivity index (χ4n) is 10.2. The molecule has 318 valence electrons. The van der Waals surface area contributed by atoms with Crippen LogP contribution in [0.3, 0.4) is 0 Å². The number of para-hydroxylation sites is 6. The molecule has 0 aliphatic heterocycles. The molecule has 0 radical (unpaired) electrons. The summed E-state index contributed by atoms with van der Waals surface area (Å²) in [4.78, 5) is 28.9. The topological polar surface area (TPSA) is 164 Å². The van der Waals surface area contributed by atoms with E-state index in [9.17, 15) is 15.8 Å². The van der Waals surface area contributed by atoms with Crippen molar-refractivity contribution in [2.24, 2.45) is 0 Å². The Morgan fingerprint density at radius 2 is 0.609 bits per heavy atom. The zero-order chi connectivity index (χ0) is 46.2. The van der Waals surface area contributed by atoms with Crippen LogP contribution < -0.4 is 0 Å². The highest BCUT2D eigenvalue weighted by molar-refractivity contribution is 6.17. The molecular formula is C57H30N12. The average molecular weight is 883 g/mol. The van der Waals surface area contributed by atoms with Gasteiger partial charge in [0.05, 0.1) is 97.5 Å². The number of nitriles is 3. The van der Waals surface area contributed by atoms with Gasteiger partial charge in [-0.3, -0.25) is 9.97 Å². The molecule has 0 N–H and O–H groups in total. The van der Waals surface area contributed by atoms with E-state index in [2.05, 4.69) is 115 Å². The Hall–Kier alpha value is -10.4. The molecular weight excluding hydrogens is 853 g/mol. The molecule has 0 aliphatic rings. The fraction of sp³-hybridized carbons (Fsp3) is 0. The number of benzene rings is 7. The van der Waals surface area contributed by atoms with E-state index in [-0.39, 0.29) is 17.2 Å². The van der Waals surface area contributed by atoms with Gasteiger partial charge in [-0.2, -0.15) is 15.8 Å². The zero-order valence-electron chi connectivity index (χ0n) is 36.2. The number of rotatable bonds is 6. The van der Waals surface area contributed by atoms with Crippen molar-refractivity contribution in [1.29, 1.82) is 15.8 Å². The van der Waals surface area contributed by atoms with E-state index in [1.165, 1.54) is 12.4 Å². The first-order valence-electron chi connectivity index (χ1n) is 22.0. The molecule has 0 spiro atoms. The predicted molar refractivity (Wildman–Crippen MR) is 267 cm³/mol. The van der Waals surface area contributed by atoms with Gasteiger partial charge in [0.2, 0.25) is 5.82 Å². The largest absolute Gasteiger partial charge is 0.308 e. The third-order valence-electron chi connectivity index (χ3n) is 12.9. The summed E-state index contributed by atoms with van der Waals surface area (Å²) in [6.07, 6.45) is 9.67. The van der Waals surface area contributed by atoms with Gasteiger partial charge in [0.15, 0.2) is 11.4 Å². The summed E-state index contributed by atoms with van der Waals surface area (Å²) < 4.78 is 6.82. The minimum atomic E-state index is 0.00819. The van der Waals surface area contributed by atoms with E-state index < -0.39 is 0 Å². The molecule has 0 atom stereocenters. The lowest BCUT2D eigenvalue weighted by Gasteiger charge is -2.29. The summed E-state index contributed by atoms with van der Waals surface area (Å²) in [5, 5.41) is 36.5. The van der Waals surface area contributed by atoms with E-state index >= 15 is 0 Å².